The van der Waals surface area contributed by atoms with Gasteiger partial charge in [0.2, 0.25) is 12.7 Å². The molecule has 160 valence electrons. The molecule has 2 aromatic rings. The first-order valence-corrected chi connectivity index (χ1v) is 11.2. The van der Waals surface area contributed by atoms with Crippen LogP contribution in [0.2, 0.25) is 0 Å². The van der Waals surface area contributed by atoms with Crippen LogP contribution in [-0.2, 0) is 14.9 Å². The van der Waals surface area contributed by atoms with Crippen molar-refractivity contribution in [3.8, 4) is 11.5 Å². The lowest BCUT2D eigenvalue weighted by Gasteiger charge is -2.38. The van der Waals surface area contributed by atoms with E-state index in [-0.39, 0.29) is 24.0 Å². The van der Waals surface area contributed by atoms with Gasteiger partial charge >= 0.3 is 0 Å². The lowest BCUT2D eigenvalue weighted by Crippen LogP contribution is -2.44. The van der Waals surface area contributed by atoms with Gasteiger partial charge in [-0.15, -0.1) is 0 Å². The molecule has 2 aliphatic heterocycles. The summed E-state index contributed by atoms with van der Waals surface area (Å²) in [6.45, 7) is 2.60. The minimum atomic E-state index is -0.179. The molecule has 30 heavy (non-hydrogen) atoms. The number of rotatable bonds is 8. The maximum Gasteiger partial charge on any atom is 0.252 e. The van der Waals surface area contributed by atoms with Crippen LogP contribution in [0.5, 0.6) is 11.5 Å². The molecule has 0 unspecified atom stereocenters. The van der Waals surface area contributed by atoms with Crippen LogP contribution in [0.4, 0.5) is 0 Å². The van der Waals surface area contributed by atoms with Gasteiger partial charge in [0, 0.05) is 49.1 Å². The molecule has 2 aliphatic rings. The Morgan fingerprint density at radius 3 is 2.70 bits per heavy atom. The van der Waals surface area contributed by atoms with Gasteiger partial charge in [0.15, 0.2) is 11.5 Å². The monoisotopic (exact) mass is 430 g/mol. The highest BCUT2D eigenvalue weighted by molar-refractivity contribution is 7.08. The van der Waals surface area contributed by atoms with Crippen LogP contribution in [0.1, 0.15) is 41.6 Å². The first-order valence-electron chi connectivity index (χ1n) is 10.2. The van der Waals surface area contributed by atoms with Crippen molar-refractivity contribution in [2.45, 2.75) is 31.1 Å². The molecule has 2 N–H and O–H groups in total. The van der Waals surface area contributed by atoms with Crippen molar-refractivity contribution < 1.29 is 23.8 Å². The summed E-state index contributed by atoms with van der Waals surface area (Å²) < 4.78 is 16.5. The Balaban J connectivity index is 1.28. The average Bonchev–Trinajstić information content (AvgIpc) is 3.47. The van der Waals surface area contributed by atoms with Gasteiger partial charge in [-0.05, 0) is 48.4 Å². The van der Waals surface area contributed by atoms with Crippen molar-refractivity contribution in [2.24, 2.45) is 0 Å². The Hall–Kier alpha value is -2.58. The number of benzene rings is 1. The van der Waals surface area contributed by atoms with Crippen LogP contribution in [0.25, 0.3) is 0 Å². The predicted molar refractivity (Wildman–Crippen MR) is 113 cm³/mol. The highest BCUT2D eigenvalue weighted by atomic mass is 32.1. The van der Waals surface area contributed by atoms with Crippen molar-refractivity contribution in [1.82, 2.24) is 10.6 Å². The summed E-state index contributed by atoms with van der Waals surface area (Å²) in [5.74, 6) is 1.41. The van der Waals surface area contributed by atoms with Gasteiger partial charge in [0.25, 0.3) is 5.91 Å². The van der Waals surface area contributed by atoms with E-state index in [0.717, 1.165) is 29.9 Å². The highest BCUT2D eigenvalue weighted by Crippen LogP contribution is 2.40. The summed E-state index contributed by atoms with van der Waals surface area (Å²) in [4.78, 5) is 24.3. The molecular formula is C22H26N2O5S. The molecule has 1 aromatic heterocycles. The van der Waals surface area contributed by atoms with E-state index in [9.17, 15) is 9.59 Å². The zero-order valence-electron chi connectivity index (χ0n) is 16.8. The Morgan fingerprint density at radius 1 is 1.07 bits per heavy atom. The molecule has 3 heterocycles. The second-order valence-corrected chi connectivity index (χ2v) is 8.39. The molecule has 1 fully saturated rings. The van der Waals surface area contributed by atoms with E-state index in [1.165, 1.54) is 11.3 Å². The van der Waals surface area contributed by atoms with E-state index >= 15 is 0 Å². The van der Waals surface area contributed by atoms with Gasteiger partial charge in [-0.2, -0.15) is 11.3 Å². The SMILES string of the molecule is O=C(CCCNC(=O)c1ccsc1)NCC1(c2ccc3c(c2)OCO3)CCOCC1. The molecule has 0 bridgehead atoms. The fraction of sp³-hybridized carbons (Fsp3) is 0.455. The molecule has 2 amide bonds. The summed E-state index contributed by atoms with van der Waals surface area (Å²) in [5.41, 5.74) is 1.62. The van der Waals surface area contributed by atoms with Crippen molar-refractivity contribution in [3.05, 3.63) is 46.2 Å². The Labute approximate surface area is 179 Å². The Kier molecular flexibility index (Phi) is 6.54. The smallest absolute Gasteiger partial charge is 0.252 e. The van der Waals surface area contributed by atoms with Gasteiger partial charge in [-0.3, -0.25) is 9.59 Å². The standard InChI is InChI=1S/C22H26N2O5S/c25-20(2-1-8-23-21(26)16-5-11-30-13-16)24-14-22(6-9-27-10-7-22)17-3-4-18-19(12-17)29-15-28-18/h3-5,11-13H,1-2,6-10,14-15H2,(H,23,26)(H,24,25). The number of thiophene rings is 1. The molecule has 0 saturated carbocycles. The van der Waals surface area contributed by atoms with E-state index < -0.39 is 0 Å². The molecule has 1 aromatic carbocycles. The maximum atomic E-state index is 12.4. The molecule has 0 aliphatic carbocycles. The van der Waals surface area contributed by atoms with Crippen LogP contribution in [0, 0.1) is 0 Å². The zero-order chi connectivity index (χ0) is 20.8. The molecule has 7 nitrogen and oxygen atoms in total. The molecular weight excluding hydrogens is 404 g/mol. The van der Waals surface area contributed by atoms with E-state index in [2.05, 4.69) is 16.7 Å². The van der Waals surface area contributed by atoms with Gasteiger partial charge in [-0.25, -0.2) is 0 Å². The second-order valence-electron chi connectivity index (χ2n) is 7.61. The van der Waals surface area contributed by atoms with Crippen molar-refractivity contribution in [2.75, 3.05) is 33.1 Å². The topological polar surface area (TPSA) is 85.9 Å². The van der Waals surface area contributed by atoms with E-state index in [1.807, 2.05) is 22.9 Å². The molecule has 4 rings (SSSR count). The number of carbonyl (C=O) groups is 2. The fourth-order valence-electron chi connectivity index (χ4n) is 3.86. The molecule has 1 saturated heterocycles. The van der Waals surface area contributed by atoms with Gasteiger partial charge < -0.3 is 24.8 Å². The minimum Gasteiger partial charge on any atom is -0.454 e. The summed E-state index contributed by atoms with van der Waals surface area (Å²) >= 11 is 1.49. The highest BCUT2D eigenvalue weighted by Gasteiger charge is 2.36. The number of fused-ring (bicyclic) bond motifs is 1. The summed E-state index contributed by atoms with van der Waals surface area (Å²) in [6.07, 6.45) is 2.65. The van der Waals surface area contributed by atoms with Crippen LogP contribution in [0.3, 0.4) is 0 Å². The quantitative estimate of drug-likeness (QED) is 0.629. The third-order valence-electron chi connectivity index (χ3n) is 5.71. The molecule has 0 spiro atoms. The fourth-order valence-corrected chi connectivity index (χ4v) is 4.49. The largest absolute Gasteiger partial charge is 0.454 e. The number of hydrogen-bond donors (Lipinski definition) is 2. The minimum absolute atomic E-state index is 0.00797. The summed E-state index contributed by atoms with van der Waals surface area (Å²) in [5, 5.41) is 9.63. The lowest BCUT2D eigenvalue weighted by molar-refractivity contribution is -0.121. The van der Waals surface area contributed by atoms with Crippen LogP contribution < -0.4 is 20.1 Å². The average molecular weight is 431 g/mol. The number of ether oxygens (including phenoxy) is 3. The van der Waals surface area contributed by atoms with Crippen LogP contribution in [-0.4, -0.2) is 44.9 Å². The molecule has 0 atom stereocenters. The molecule has 8 heteroatoms. The zero-order valence-corrected chi connectivity index (χ0v) is 17.6. The van der Waals surface area contributed by atoms with Crippen LogP contribution >= 0.6 is 11.3 Å². The number of amides is 2. The third-order valence-corrected chi connectivity index (χ3v) is 6.39. The summed E-state index contributed by atoms with van der Waals surface area (Å²) in [7, 11) is 0. The maximum absolute atomic E-state index is 12.4. The van der Waals surface area contributed by atoms with Crippen molar-refractivity contribution >= 4 is 23.2 Å². The number of hydrogen-bond acceptors (Lipinski definition) is 6. The second kappa shape index (κ2) is 9.49. The first-order chi connectivity index (χ1) is 14.7. The summed E-state index contributed by atoms with van der Waals surface area (Å²) in [6, 6.07) is 7.81. The normalized spacial score (nSPS) is 16.8. The van der Waals surface area contributed by atoms with Gasteiger partial charge in [0.1, 0.15) is 0 Å². The first kappa shape index (κ1) is 20.7. The van der Waals surface area contributed by atoms with Crippen molar-refractivity contribution in [1.29, 1.82) is 0 Å². The predicted octanol–water partition coefficient (Wildman–Crippen LogP) is 2.85. The van der Waals surface area contributed by atoms with Crippen LogP contribution in [0.15, 0.2) is 35.0 Å². The number of carbonyl (C=O) groups excluding carboxylic acids is 2. The van der Waals surface area contributed by atoms with E-state index in [4.69, 9.17) is 14.2 Å². The lowest BCUT2D eigenvalue weighted by atomic mass is 9.74. The Bertz CT molecular complexity index is 878. The van der Waals surface area contributed by atoms with E-state index in [0.29, 0.717) is 44.7 Å². The third kappa shape index (κ3) is 4.76. The molecule has 0 radical (unpaired) electrons. The van der Waals surface area contributed by atoms with Crippen molar-refractivity contribution in [3.63, 3.8) is 0 Å². The Morgan fingerprint density at radius 2 is 1.90 bits per heavy atom. The van der Waals surface area contributed by atoms with Gasteiger partial charge in [0.05, 0.1) is 0 Å². The van der Waals surface area contributed by atoms with E-state index in [1.54, 1.807) is 6.07 Å². The van der Waals surface area contributed by atoms with Gasteiger partial charge in [-0.1, -0.05) is 6.07 Å². The number of nitrogens with one attached hydrogen (secondary N) is 2.